The van der Waals surface area contributed by atoms with E-state index in [1.807, 2.05) is 54.6 Å². The van der Waals surface area contributed by atoms with Crippen molar-refractivity contribution < 1.29 is 14.3 Å². The molecule has 0 bridgehead atoms. The van der Waals surface area contributed by atoms with Crippen molar-refractivity contribution in [2.45, 2.75) is 6.04 Å². The fourth-order valence-corrected chi connectivity index (χ4v) is 3.65. The van der Waals surface area contributed by atoms with Crippen molar-refractivity contribution in [2.24, 2.45) is 0 Å². The van der Waals surface area contributed by atoms with Crippen LogP contribution in [0.2, 0.25) is 5.02 Å². The molecule has 0 heterocycles. The van der Waals surface area contributed by atoms with E-state index in [4.69, 9.17) is 16.3 Å². The lowest BCUT2D eigenvalue weighted by atomic mass is 9.96. The molecule has 0 unspecified atom stereocenters. The lowest BCUT2D eigenvalue weighted by Crippen LogP contribution is -2.30. The molecule has 0 saturated carbocycles. The van der Waals surface area contributed by atoms with E-state index in [0.29, 0.717) is 16.3 Å². The predicted octanol–water partition coefficient (Wildman–Crippen LogP) is 5.21. The number of ether oxygens (including phenoxy) is 1. The Hall–Kier alpha value is -2.67. The van der Waals surface area contributed by atoms with Crippen molar-refractivity contribution in [3.63, 3.8) is 0 Å². The van der Waals surface area contributed by atoms with Crippen molar-refractivity contribution in [1.82, 2.24) is 5.32 Å². The Morgan fingerprint density at radius 3 is 2.40 bits per heavy atom. The van der Waals surface area contributed by atoms with Crippen molar-refractivity contribution >= 4 is 45.1 Å². The maximum absolute atomic E-state index is 12.7. The molecule has 30 heavy (non-hydrogen) atoms. The molecule has 1 atom stereocenters. The fourth-order valence-electron chi connectivity index (χ4n) is 3.02. The maximum Gasteiger partial charge on any atom is 0.319 e. The van der Waals surface area contributed by atoms with E-state index < -0.39 is 12.0 Å². The number of hydrogen-bond donors (Lipinski definition) is 2. The summed E-state index contributed by atoms with van der Waals surface area (Å²) < 4.78 is 5.59. The summed E-state index contributed by atoms with van der Waals surface area (Å²) in [6.45, 7) is -0.0228. The van der Waals surface area contributed by atoms with E-state index >= 15 is 0 Å². The molecule has 0 aliphatic rings. The monoisotopic (exact) mass is 486 g/mol. The second-order valence-corrected chi connectivity index (χ2v) is 7.79. The van der Waals surface area contributed by atoms with Gasteiger partial charge in [-0.25, -0.2) is 0 Å². The highest BCUT2D eigenvalue weighted by Gasteiger charge is 2.22. The van der Waals surface area contributed by atoms with Crippen LogP contribution in [0, 0.1) is 0 Å². The minimum Gasteiger partial charge on any atom is -0.468 e. The smallest absolute Gasteiger partial charge is 0.319 e. The Morgan fingerprint density at radius 1 is 1.00 bits per heavy atom. The number of carbonyl (C=O) groups excluding carboxylic acids is 2. The van der Waals surface area contributed by atoms with Gasteiger partial charge in [-0.15, -0.1) is 0 Å². The molecule has 3 rings (SSSR count). The first-order valence-electron chi connectivity index (χ1n) is 9.20. The molecule has 0 aliphatic heterocycles. The molecule has 0 spiro atoms. The first-order valence-corrected chi connectivity index (χ1v) is 10.4. The SMILES string of the molecule is COC(=O)CN[C@@H](c1ccccc1Cl)c1cc(Br)ccc1NC(=O)c1ccccc1. The van der Waals surface area contributed by atoms with Crippen molar-refractivity contribution in [3.8, 4) is 0 Å². The Bertz CT molecular complexity index is 1040. The van der Waals surface area contributed by atoms with Crippen molar-refractivity contribution in [2.75, 3.05) is 19.0 Å². The van der Waals surface area contributed by atoms with Crippen LogP contribution in [0.25, 0.3) is 0 Å². The third-order valence-corrected chi connectivity index (χ3v) is 5.34. The maximum atomic E-state index is 12.7. The molecule has 7 heteroatoms. The molecule has 0 radical (unpaired) electrons. The van der Waals surface area contributed by atoms with Gasteiger partial charge in [0.2, 0.25) is 0 Å². The molecule has 0 aromatic heterocycles. The van der Waals surface area contributed by atoms with Crippen LogP contribution in [0.1, 0.15) is 27.5 Å². The van der Waals surface area contributed by atoms with Crippen LogP contribution in [-0.2, 0) is 9.53 Å². The predicted molar refractivity (Wildman–Crippen MR) is 122 cm³/mol. The molecule has 0 fully saturated rings. The molecule has 2 N–H and O–H groups in total. The molecule has 0 aliphatic carbocycles. The quantitative estimate of drug-likeness (QED) is 0.449. The highest BCUT2D eigenvalue weighted by Crippen LogP contribution is 2.34. The van der Waals surface area contributed by atoms with Crippen molar-refractivity contribution in [3.05, 3.63) is 99.0 Å². The third kappa shape index (κ3) is 5.48. The summed E-state index contributed by atoms with van der Waals surface area (Å²) in [5, 5.41) is 6.70. The van der Waals surface area contributed by atoms with Gasteiger partial charge in [0.1, 0.15) is 0 Å². The van der Waals surface area contributed by atoms with E-state index in [2.05, 4.69) is 26.6 Å². The fraction of sp³-hybridized carbons (Fsp3) is 0.130. The standard InChI is InChI=1S/C23H20BrClN2O3/c1-30-21(28)14-26-22(17-9-5-6-10-19(17)25)18-13-16(24)11-12-20(18)27-23(29)15-7-3-2-4-8-15/h2-13,22,26H,14H2,1H3,(H,27,29)/t22-/m0/s1. The third-order valence-electron chi connectivity index (χ3n) is 4.50. The average Bonchev–Trinajstić information content (AvgIpc) is 2.77. The number of hydrogen-bond acceptors (Lipinski definition) is 4. The minimum atomic E-state index is -0.457. The van der Waals surface area contributed by atoms with Gasteiger partial charge in [0.15, 0.2) is 0 Å². The number of esters is 1. The minimum absolute atomic E-state index is 0.0228. The van der Waals surface area contributed by atoms with Crippen LogP contribution >= 0.6 is 27.5 Å². The average molecular weight is 488 g/mol. The summed E-state index contributed by atoms with van der Waals surface area (Å²) in [6, 6.07) is 21.4. The number of anilines is 1. The van der Waals surface area contributed by atoms with Gasteiger partial charge in [0.25, 0.3) is 5.91 Å². The first-order chi connectivity index (χ1) is 14.5. The first kappa shape index (κ1) is 22.0. The molecule has 0 saturated heterocycles. The molecular formula is C23H20BrClN2O3. The summed E-state index contributed by atoms with van der Waals surface area (Å²) in [5.74, 6) is -0.637. The number of halogens is 2. The zero-order valence-electron chi connectivity index (χ0n) is 16.2. The molecule has 154 valence electrons. The van der Waals surface area contributed by atoms with Crippen LogP contribution in [0.15, 0.2) is 77.3 Å². The van der Waals surface area contributed by atoms with E-state index in [0.717, 1.165) is 15.6 Å². The highest BCUT2D eigenvalue weighted by molar-refractivity contribution is 9.10. The van der Waals surface area contributed by atoms with Gasteiger partial charge in [-0.3, -0.25) is 14.9 Å². The van der Waals surface area contributed by atoms with Crippen LogP contribution in [0.4, 0.5) is 5.69 Å². The zero-order valence-corrected chi connectivity index (χ0v) is 18.5. The second kappa shape index (κ2) is 10.4. The number of nitrogens with one attached hydrogen (secondary N) is 2. The second-order valence-electron chi connectivity index (χ2n) is 6.46. The number of amides is 1. The summed E-state index contributed by atoms with van der Waals surface area (Å²) in [7, 11) is 1.33. The molecular weight excluding hydrogens is 468 g/mol. The van der Waals surface area contributed by atoms with E-state index in [1.54, 1.807) is 18.2 Å². The summed E-state index contributed by atoms with van der Waals surface area (Å²) in [4.78, 5) is 24.5. The summed E-state index contributed by atoms with van der Waals surface area (Å²) in [5.41, 5.74) is 2.68. The van der Waals surface area contributed by atoms with E-state index in [-0.39, 0.29) is 12.5 Å². The van der Waals surface area contributed by atoms with Gasteiger partial charge in [0.05, 0.1) is 19.7 Å². The van der Waals surface area contributed by atoms with Gasteiger partial charge in [-0.05, 0) is 47.5 Å². The number of benzene rings is 3. The van der Waals surface area contributed by atoms with Crippen molar-refractivity contribution in [1.29, 1.82) is 0 Å². The van der Waals surface area contributed by atoms with Gasteiger partial charge in [-0.2, -0.15) is 0 Å². The topological polar surface area (TPSA) is 67.4 Å². The highest BCUT2D eigenvalue weighted by atomic mass is 79.9. The summed E-state index contributed by atoms with van der Waals surface area (Å²) in [6.07, 6.45) is 0. The van der Waals surface area contributed by atoms with Gasteiger partial charge < -0.3 is 10.1 Å². The molecule has 5 nitrogen and oxygen atoms in total. The number of rotatable bonds is 7. The van der Waals surface area contributed by atoms with Crippen LogP contribution in [0.3, 0.4) is 0 Å². The zero-order chi connectivity index (χ0) is 21.5. The lowest BCUT2D eigenvalue weighted by molar-refractivity contribution is -0.139. The van der Waals surface area contributed by atoms with Crippen LogP contribution < -0.4 is 10.6 Å². The van der Waals surface area contributed by atoms with Crippen LogP contribution in [0.5, 0.6) is 0 Å². The molecule has 1 amide bonds. The van der Waals surface area contributed by atoms with Gasteiger partial charge in [0, 0.05) is 20.7 Å². The number of carbonyl (C=O) groups is 2. The Kier molecular flexibility index (Phi) is 7.63. The number of methoxy groups -OCH3 is 1. The molecule has 3 aromatic rings. The lowest BCUT2D eigenvalue weighted by Gasteiger charge is -2.23. The summed E-state index contributed by atoms with van der Waals surface area (Å²) >= 11 is 9.95. The Morgan fingerprint density at radius 2 is 1.70 bits per heavy atom. The van der Waals surface area contributed by atoms with Gasteiger partial charge >= 0.3 is 5.97 Å². The van der Waals surface area contributed by atoms with E-state index in [1.165, 1.54) is 7.11 Å². The Balaban J connectivity index is 2.01. The van der Waals surface area contributed by atoms with E-state index in [9.17, 15) is 9.59 Å². The van der Waals surface area contributed by atoms with Crippen LogP contribution in [-0.4, -0.2) is 25.5 Å². The Labute approximate surface area is 188 Å². The molecule has 3 aromatic carbocycles. The largest absolute Gasteiger partial charge is 0.468 e. The normalized spacial score (nSPS) is 11.6. The van der Waals surface area contributed by atoms with Gasteiger partial charge in [-0.1, -0.05) is 63.9 Å².